The molecule has 0 radical (unpaired) electrons. The highest BCUT2D eigenvalue weighted by Crippen LogP contribution is 2.35. The first-order chi connectivity index (χ1) is 17.3. The highest BCUT2D eigenvalue weighted by Gasteiger charge is 2.35. The summed E-state index contributed by atoms with van der Waals surface area (Å²) < 4.78 is 72.9. The van der Waals surface area contributed by atoms with Crippen LogP contribution in [0.15, 0.2) is 52.7 Å². The Morgan fingerprint density at radius 1 is 1.11 bits per heavy atom. The molecule has 198 valence electrons. The van der Waals surface area contributed by atoms with Gasteiger partial charge in [-0.25, -0.2) is 13.4 Å². The lowest BCUT2D eigenvalue weighted by atomic mass is 10.2. The van der Waals surface area contributed by atoms with Crippen molar-refractivity contribution in [1.29, 1.82) is 0 Å². The molecule has 0 fully saturated rings. The van der Waals surface area contributed by atoms with Gasteiger partial charge in [-0.05, 0) is 56.3 Å². The van der Waals surface area contributed by atoms with Crippen LogP contribution in [0.3, 0.4) is 0 Å². The zero-order valence-corrected chi connectivity index (χ0v) is 21.6. The van der Waals surface area contributed by atoms with Gasteiger partial charge < -0.3 is 15.4 Å². The van der Waals surface area contributed by atoms with Crippen molar-refractivity contribution in [2.45, 2.75) is 31.2 Å². The van der Waals surface area contributed by atoms with Gasteiger partial charge in [0.2, 0.25) is 11.8 Å². The fraction of sp³-hybridized carbons (Fsp3) is 0.261. The van der Waals surface area contributed by atoms with Gasteiger partial charge in [0.1, 0.15) is 12.3 Å². The minimum absolute atomic E-state index is 0.00796. The maximum Gasteiger partial charge on any atom is 0.416 e. The zero-order valence-electron chi connectivity index (χ0n) is 19.9. The summed E-state index contributed by atoms with van der Waals surface area (Å²) in [6.45, 7) is 4.01. The molecule has 37 heavy (non-hydrogen) atoms. The van der Waals surface area contributed by atoms with E-state index in [1.54, 1.807) is 24.3 Å². The second kappa shape index (κ2) is 11.2. The number of alkyl halides is 3. The number of rotatable bonds is 9. The van der Waals surface area contributed by atoms with Crippen molar-refractivity contribution in [3.05, 3.63) is 59.8 Å². The van der Waals surface area contributed by atoms with Gasteiger partial charge >= 0.3 is 6.18 Å². The first-order valence-electron chi connectivity index (χ1n) is 10.8. The van der Waals surface area contributed by atoms with E-state index in [0.29, 0.717) is 39.8 Å². The number of thiazole rings is 1. The van der Waals surface area contributed by atoms with Crippen LogP contribution < -0.4 is 19.7 Å². The number of nitrogens with one attached hydrogen (secondary N) is 2. The number of aromatic nitrogens is 1. The van der Waals surface area contributed by atoms with E-state index in [-0.39, 0.29) is 20.7 Å². The maximum absolute atomic E-state index is 13.6. The summed E-state index contributed by atoms with van der Waals surface area (Å²) in [6, 6.07) is 9.93. The van der Waals surface area contributed by atoms with Crippen molar-refractivity contribution in [3.8, 4) is 5.75 Å². The van der Waals surface area contributed by atoms with Crippen molar-refractivity contribution in [2.24, 2.45) is 0 Å². The molecule has 0 aliphatic heterocycles. The van der Waals surface area contributed by atoms with Crippen LogP contribution in [0.4, 0.5) is 29.7 Å². The Labute approximate surface area is 215 Å². The molecule has 0 atom stereocenters. The van der Waals surface area contributed by atoms with Gasteiger partial charge in [0, 0.05) is 12.6 Å². The zero-order chi connectivity index (χ0) is 27.4. The van der Waals surface area contributed by atoms with Gasteiger partial charge in [0.25, 0.3) is 10.0 Å². The summed E-state index contributed by atoms with van der Waals surface area (Å²) in [4.78, 5) is 28.2. The highest BCUT2D eigenvalue weighted by atomic mass is 32.2. The molecule has 2 aromatic carbocycles. The van der Waals surface area contributed by atoms with Crippen molar-refractivity contribution in [2.75, 3.05) is 28.1 Å². The molecule has 0 saturated carbocycles. The Kier molecular flexibility index (Phi) is 8.43. The minimum Gasteiger partial charge on any atom is -0.494 e. The van der Waals surface area contributed by atoms with Crippen molar-refractivity contribution in [1.82, 2.24) is 4.98 Å². The molecule has 3 rings (SSSR count). The van der Waals surface area contributed by atoms with Crippen LogP contribution in [0.25, 0.3) is 0 Å². The maximum atomic E-state index is 13.6. The topological polar surface area (TPSA) is 118 Å². The molecule has 14 heteroatoms. The lowest BCUT2D eigenvalue weighted by Gasteiger charge is -2.24. The summed E-state index contributed by atoms with van der Waals surface area (Å²) in [5.41, 5.74) is -1.11. The molecular formula is C23H23F3N4O5S2. The molecule has 1 aromatic heterocycles. The van der Waals surface area contributed by atoms with Crippen LogP contribution in [0.1, 0.15) is 25.1 Å². The number of hydrogen-bond donors (Lipinski definition) is 2. The largest absolute Gasteiger partial charge is 0.494 e. The number of carbonyl (C=O) groups excluding carboxylic acids is 2. The average molecular weight is 557 g/mol. The number of ether oxygens (including phenoxy) is 1. The van der Waals surface area contributed by atoms with Crippen molar-refractivity contribution in [3.63, 3.8) is 0 Å². The SMILES string of the molecule is CCOc1ccc(NC(=O)CN(c2cccc(C(F)(F)F)c2)S(=O)(=O)c2sc(NC(C)=O)nc2C)cc1. The van der Waals surface area contributed by atoms with Crippen LogP contribution in [0.5, 0.6) is 5.75 Å². The van der Waals surface area contributed by atoms with Crippen LogP contribution in [-0.4, -0.2) is 38.4 Å². The Bertz CT molecular complexity index is 1390. The normalized spacial score (nSPS) is 11.6. The first-order valence-corrected chi connectivity index (χ1v) is 13.0. The summed E-state index contributed by atoms with van der Waals surface area (Å²) in [6.07, 6.45) is -4.74. The summed E-state index contributed by atoms with van der Waals surface area (Å²) in [7, 11) is -4.57. The third-order valence-electron chi connectivity index (χ3n) is 4.76. The van der Waals surface area contributed by atoms with Gasteiger partial charge in [-0.3, -0.25) is 13.9 Å². The summed E-state index contributed by atoms with van der Waals surface area (Å²) in [5, 5.41) is 4.91. The monoisotopic (exact) mass is 556 g/mol. The Morgan fingerprint density at radius 2 is 1.78 bits per heavy atom. The fourth-order valence-electron chi connectivity index (χ4n) is 3.21. The number of benzene rings is 2. The van der Waals surface area contributed by atoms with Gasteiger partial charge in [0.05, 0.1) is 23.6 Å². The van der Waals surface area contributed by atoms with Crippen LogP contribution >= 0.6 is 11.3 Å². The number of aryl methyl sites for hydroxylation is 1. The molecule has 3 aromatic rings. The molecule has 2 amide bonds. The minimum atomic E-state index is -4.74. The van der Waals surface area contributed by atoms with Gasteiger partial charge in [-0.1, -0.05) is 17.4 Å². The first kappa shape index (κ1) is 27.9. The van der Waals surface area contributed by atoms with E-state index in [4.69, 9.17) is 4.74 Å². The van der Waals surface area contributed by atoms with Gasteiger partial charge in [0.15, 0.2) is 9.34 Å². The lowest BCUT2D eigenvalue weighted by Crippen LogP contribution is -2.38. The molecule has 9 nitrogen and oxygen atoms in total. The van der Waals surface area contributed by atoms with E-state index >= 15 is 0 Å². The Balaban J connectivity index is 1.99. The third-order valence-corrected chi connectivity index (χ3v) is 8.19. The number of halogens is 3. The van der Waals surface area contributed by atoms with Crippen molar-refractivity contribution < 1.29 is 35.9 Å². The number of sulfonamides is 1. The number of amides is 2. The highest BCUT2D eigenvalue weighted by molar-refractivity contribution is 7.95. The summed E-state index contributed by atoms with van der Waals surface area (Å²) in [5.74, 6) is -0.721. The number of anilines is 3. The number of nitrogens with zero attached hydrogens (tertiary/aromatic N) is 2. The molecule has 0 unspecified atom stereocenters. The van der Waals surface area contributed by atoms with E-state index in [9.17, 15) is 31.2 Å². The second-order valence-corrected chi connectivity index (χ2v) is 10.7. The average Bonchev–Trinajstić information content (AvgIpc) is 3.18. The smallest absolute Gasteiger partial charge is 0.416 e. The van der Waals surface area contributed by atoms with Crippen LogP contribution in [-0.2, 0) is 25.8 Å². The number of hydrogen-bond acceptors (Lipinski definition) is 7. The molecule has 0 saturated heterocycles. The summed E-state index contributed by atoms with van der Waals surface area (Å²) >= 11 is 0.624. The number of carbonyl (C=O) groups is 2. The predicted octanol–water partition coefficient (Wildman–Crippen LogP) is 4.66. The lowest BCUT2D eigenvalue weighted by molar-refractivity contribution is -0.137. The van der Waals surface area contributed by atoms with Crippen LogP contribution in [0.2, 0.25) is 0 Å². The van der Waals surface area contributed by atoms with E-state index in [1.165, 1.54) is 13.8 Å². The van der Waals surface area contributed by atoms with Gasteiger partial charge in [-0.15, -0.1) is 0 Å². The van der Waals surface area contributed by atoms with E-state index in [1.807, 2.05) is 6.92 Å². The fourth-order valence-corrected chi connectivity index (χ4v) is 6.18. The molecule has 1 heterocycles. The standard InChI is InChI=1S/C23H23F3N4O5S2/c1-4-35-19-10-8-17(9-11-19)29-20(32)13-30(18-7-5-6-16(12-18)23(24,25)26)37(33,34)21-14(2)27-22(36-21)28-15(3)31/h5-12H,4,13H2,1-3H3,(H,29,32)(H,27,28,31). The van der Waals surface area contributed by atoms with Crippen LogP contribution in [0, 0.1) is 6.92 Å². The van der Waals surface area contributed by atoms with E-state index < -0.39 is 40.1 Å². The van der Waals surface area contributed by atoms with Crippen molar-refractivity contribution >= 4 is 49.7 Å². The molecule has 0 aliphatic rings. The molecule has 2 N–H and O–H groups in total. The Hall–Kier alpha value is -3.65. The van der Waals surface area contributed by atoms with E-state index in [2.05, 4.69) is 15.6 Å². The molecule has 0 aliphatic carbocycles. The molecular weight excluding hydrogens is 533 g/mol. The molecule has 0 spiro atoms. The quantitative estimate of drug-likeness (QED) is 0.396. The predicted molar refractivity (Wildman–Crippen MR) is 133 cm³/mol. The van der Waals surface area contributed by atoms with E-state index in [0.717, 1.165) is 18.2 Å². The third kappa shape index (κ3) is 6.98. The Morgan fingerprint density at radius 3 is 2.38 bits per heavy atom. The van der Waals surface area contributed by atoms with Gasteiger partial charge in [-0.2, -0.15) is 13.2 Å². The molecule has 0 bridgehead atoms. The second-order valence-electron chi connectivity index (χ2n) is 7.64.